The predicted octanol–water partition coefficient (Wildman–Crippen LogP) is 7.07. The zero-order valence-electron chi connectivity index (χ0n) is 36.8. The molecule has 0 radical (unpaired) electrons. The average Bonchev–Trinajstić information content (AvgIpc) is 3.72. The Morgan fingerprint density at radius 2 is 1.75 bits per heavy atom. The molecule has 0 aliphatic carbocycles. The van der Waals surface area contributed by atoms with E-state index in [2.05, 4.69) is 56.2 Å². The molecule has 4 aromatic rings. The highest BCUT2D eigenvalue weighted by Gasteiger charge is 2.36. The highest BCUT2D eigenvalue weighted by molar-refractivity contribution is 7.92. The quantitative estimate of drug-likeness (QED) is 0.101. The lowest BCUT2D eigenvalue weighted by Crippen LogP contribution is -2.54. The van der Waals surface area contributed by atoms with Gasteiger partial charge in [-0.15, -0.1) is 11.3 Å². The maximum atomic E-state index is 16.2. The number of nitrogens with one attached hydrogen (secondary N) is 4. The van der Waals surface area contributed by atoms with E-state index in [0.717, 1.165) is 94.1 Å². The number of anilines is 3. The number of carbonyl (C=O) groups excluding carboxylic acids is 2. The van der Waals surface area contributed by atoms with Crippen molar-refractivity contribution in [2.24, 2.45) is 5.92 Å². The Morgan fingerprint density at radius 3 is 2.46 bits per heavy atom. The number of likely N-dealkylation sites (tertiary alicyclic amines) is 1. The van der Waals surface area contributed by atoms with Crippen molar-refractivity contribution in [3.05, 3.63) is 65.2 Å². The molecule has 17 heteroatoms. The summed E-state index contributed by atoms with van der Waals surface area (Å²) in [6, 6.07) is 11.7. The first kappa shape index (κ1) is 45.0. The van der Waals surface area contributed by atoms with E-state index in [-0.39, 0.29) is 46.2 Å². The number of thiazole rings is 1. The SMILES string of the molecule is CCCS(=O)(=O)Nc1cccc(-c2nc(C(C)(C)C)sc2-c2ccnc(N[C@H]3CCN(C4CCNCC4)[C@H](CC4CCN(c5ccc(C6CCC(=O)NC6=O)cn5)CC4)C3)n2)c1F. The lowest BCUT2D eigenvalue weighted by atomic mass is 9.83. The van der Waals surface area contributed by atoms with Crippen LogP contribution in [-0.2, 0) is 25.0 Å². The predicted molar refractivity (Wildman–Crippen MR) is 247 cm³/mol. The molecule has 4 saturated heterocycles. The van der Waals surface area contributed by atoms with Gasteiger partial charge < -0.3 is 15.5 Å². The van der Waals surface area contributed by atoms with E-state index in [4.69, 9.17) is 15.0 Å². The molecule has 1 unspecified atom stereocenters. The summed E-state index contributed by atoms with van der Waals surface area (Å²) in [4.78, 5) is 49.3. The van der Waals surface area contributed by atoms with Crippen molar-refractivity contribution in [1.29, 1.82) is 0 Å². The van der Waals surface area contributed by atoms with Crippen molar-refractivity contribution in [3.8, 4) is 21.8 Å². The van der Waals surface area contributed by atoms with Crippen molar-refractivity contribution in [2.75, 3.05) is 53.4 Å². The minimum atomic E-state index is -3.71. The Labute approximate surface area is 374 Å². The van der Waals surface area contributed by atoms with Gasteiger partial charge in [-0.3, -0.25) is 24.5 Å². The van der Waals surface area contributed by atoms with Gasteiger partial charge in [0.1, 0.15) is 5.82 Å². The summed E-state index contributed by atoms with van der Waals surface area (Å²) in [5.74, 6) is 0.469. The van der Waals surface area contributed by atoms with Crippen molar-refractivity contribution >= 4 is 50.6 Å². The van der Waals surface area contributed by atoms with E-state index in [1.54, 1.807) is 31.5 Å². The van der Waals surface area contributed by atoms with Crippen LogP contribution in [0.25, 0.3) is 21.8 Å². The number of benzene rings is 1. The van der Waals surface area contributed by atoms with Gasteiger partial charge in [-0.1, -0.05) is 39.8 Å². The maximum absolute atomic E-state index is 16.2. The number of sulfonamides is 1. The van der Waals surface area contributed by atoms with Crippen molar-refractivity contribution in [2.45, 2.75) is 121 Å². The molecule has 0 spiro atoms. The van der Waals surface area contributed by atoms with Gasteiger partial charge in [0.15, 0.2) is 5.82 Å². The van der Waals surface area contributed by atoms with E-state index in [0.29, 0.717) is 59.5 Å². The van der Waals surface area contributed by atoms with Crippen LogP contribution in [0.3, 0.4) is 0 Å². The normalized spacial score (nSPS) is 22.2. The summed E-state index contributed by atoms with van der Waals surface area (Å²) in [6.07, 6.45) is 12.4. The van der Waals surface area contributed by atoms with Crippen LogP contribution in [-0.4, -0.2) is 102 Å². The number of imide groups is 1. The van der Waals surface area contributed by atoms with E-state index in [9.17, 15) is 18.0 Å². The molecular formula is C46H61FN10O4S2. The first-order valence-corrected chi connectivity index (χ1v) is 25.1. The topological polar surface area (TPSA) is 174 Å². The number of hydrogen-bond donors (Lipinski definition) is 4. The second-order valence-corrected chi connectivity index (χ2v) is 21.5. The Balaban J connectivity index is 0.964. The molecule has 0 saturated carbocycles. The van der Waals surface area contributed by atoms with Gasteiger partial charge >= 0.3 is 0 Å². The molecule has 4 aliphatic rings. The maximum Gasteiger partial charge on any atom is 0.234 e. The van der Waals surface area contributed by atoms with Gasteiger partial charge in [-0.05, 0) is 107 Å². The van der Waals surface area contributed by atoms with Crippen molar-refractivity contribution in [3.63, 3.8) is 0 Å². The molecule has 3 aromatic heterocycles. The molecule has 8 rings (SSSR count). The Hall–Kier alpha value is -4.58. The Morgan fingerprint density at radius 1 is 0.952 bits per heavy atom. The highest BCUT2D eigenvalue weighted by Crippen LogP contribution is 2.42. The van der Waals surface area contributed by atoms with Crippen LogP contribution in [0.4, 0.5) is 21.8 Å². The first-order chi connectivity index (χ1) is 30.2. The largest absolute Gasteiger partial charge is 0.357 e. The molecule has 338 valence electrons. The minimum absolute atomic E-state index is 0.103. The van der Waals surface area contributed by atoms with Crippen LogP contribution in [0.5, 0.6) is 0 Å². The van der Waals surface area contributed by atoms with Crippen LogP contribution < -0.4 is 25.6 Å². The third kappa shape index (κ3) is 10.7. The smallest absolute Gasteiger partial charge is 0.234 e. The minimum Gasteiger partial charge on any atom is -0.357 e. The van der Waals surface area contributed by atoms with Crippen LogP contribution in [0.1, 0.15) is 108 Å². The number of pyridine rings is 1. The van der Waals surface area contributed by atoms with E-state index >= 15 is 4.39 Å². The fourth-order valence-corrected chi connectivity index (χ4v) is 11.9. The lowest BCUT2D eigenvalue weighted by molar-refractivity contribution is -0.134. The number of rotatable bonds is 13. The molecular weight excluding hydrogens is 840 g/mol. The van der Waals surface area contributed by atoms with Gasteiger partial charge in [0, 0.05) is 67.6 Å². The summed E-state index contributed by atoms with van der Waals surface area (Å²) < 4.78 is 43.9. The van der Waals surface area contributed by atoms with E-state index < -0.39 is 15.8 Å². The first-order valence-electron chi connectivity index (χ1n) is 22.7. The highest BCUT2D eigenvalue weighted by atomic mass is 32.2. The standard InChI is InChI=1S/C46H61FN10O4S2/c1-5-25-63(60,61)55-36-8-6-7-35(40(36)47)41-42(62-44(54-41)46(2,3)4)37-15-21-49-45(52-37)51-31-18-24-57(32-13-19-48-20-14-32)33(27-31)26-29-16-22-56(23-17-29)38-11-9-30(28-50-38)34-10-12-39(58)53-43(34)59/h6-9,11,15,21,28-29,31-34,48,55H,5,10,12-14,16-20,22-27H2,1-4H3,(H,49,51,52)(H,53,58,59)/t31-,33+,34?/m0/s1. The third-order valence-corrected chi connectivity index (χ3v) is 16.0. The summed E-state index contributed by atoms with van der Waals surface area (Å²) in [5.41, 5.74) is 1.68. The second kappa shape index (κ2) is 19.3. The molecule has 7 heterocycles. The van der Waals surface area contributed by atoms with Crippen LogP contribution in [0, 0.1) is 11.7 Å². The number of aromatic nitrogens is 4. The Bertz CT molecular complexity index is 2360. The molecule has 2 amide bonds. The summed E-state index contributed by atoms with van der Waals surface area (Å²) in [5, 5.41) is 10.5. The summed E-state index contributed by atoms with van der Waals surface area (Å²) >= 11 is 1.47. The monoisotopic (exact) mass is 900 g/mol. The Kier molecular flexibility index (Phi) is 13.8. The van der Waals surface area contributed by atoms with Gasteiger partial charge in [-0.25, -0.2) is 32.7 Å². The number of halogens is 1. The molecule has 63 heavy (non-hydrogen) atoms. The van der Waals surface area contributed by atoms with Crippen LogP contribution in [0.15, 0.2) is 48.8 Å². The summed E-state index contributed by atoms with van der Waals surface area (Å²) in [7, 11) is -3.71. The number of carbonyl (C=O) groups is 2. The molecule has 3 atom stereocenters. The average molecular weight is 901 g/mol. The van der Waals surface area contributed by atoms with Gasteiger partial charge in [0.05, 0.1) is 38.6 Å². The molecule has 4 aliphatic heterocycles. The molecule has 1 aromatic carbocycles. The van der Waals surface area contributed by atoms with E-state index in [1.165, 1.54) is 17.4 Å². The zero-order chi connectivity index (χ0) is 44.3. The van der Waals surface area contributed by atoms with Crippen molar-refractivity contribution in [1.82, 2.24) is 35.5 Å². The zero-order valence-corrected chi connectivity index (χ0v) is 38.5. The number of hydrogen-bond acceptors (Lipinski definition) is 13. The molecule has 14 nitrogen and oxygen atoms in total. The fraction of sp³-hybridized carbons (Fsp3) is 0.565. The second-order valence-electron chi connectivity index (χ2n) is 18.7. The van der Waals surface area contributed by atoms with Crippen LogP contribution >= 0.6 is 11.3 Å². The van der Waals surface area contributed by atoms with Crippen LogP contribution in [0.2, 0.25) is 0 Å². The fourth-order valence-electron chi connectivity index (χ4n) is 9.65. The number of piperidine rings is 4. The van der Waals surface area contributed by atoms with Gasteiger partial charge in [0.2, 0.25) is 27.8 Å². The summed E-state index contributed by atoms with van der Waals surface area (Å²) in [6.45, 7) is 12.9. The van der Waals surface area contributed by atoms with E-state index in [1.807, 2.05) is 18.2 Å². The number of amides is 2. The molecule has 0 bridgehead atoms. The molecule has 4 fully saturated rings. The van der Waals surface area contributed by atoms with Crippen molar-refractivity contribution < 1.29 is 22.4 Å². The van der Waals surface area contributed by atoms with Gasteiger partial charge in [-0.2, -0.15) is 0 Å². The molecule has 4 N–H and O–H groups in total. The van der Waals surface area contributed by atoms with Gasteiger partial charge in [0.25, 0.3) is 0 Å². The third-order valence-electron chi connectivity index (χ3n) is 13.0. The lowest BCUT2D eigenvalue weighted by Gasteiger charge is -2.47. The number of nitrogens with zero attached hydrogens (tertiary/aromatic N) is 6.